The molecule has 35 heavy (non-hydrogen) atoms. The van der Waals surface area contributed by atoms with Crippen LogP contribution < -0.4 is 10.6 Å². The second-order valence-electron chi connectivity index (χ2n) is 8.53. The van der Waals surface area contributed by atoms with Gasteiger partial charge in [-0.2, -0.15) is 5.10 Å². The minimum Gasteiger partial charge on any atom is -0.325 e. The van der Waals surface area contributed by atoms with Crippen LogP contribution in [0.3, 0.4) is 0 Å². The van der Waals surface area contributed by atoms with Gasteiger partial charge >= 0.3 is 0 Å². The predicted molar refractivity (Wildman–Crippen MR) is 137 cm³/mol. The summed E-state index contributed by atoms with van der Waals surface area (Å²) >= 11 is 0. The molecule has 0 fully saturated rings. The zero-order valence-electron chi connectivity index (χ0n) is 19.5. The van der Waals surface area contributed by atoms with Crippen molar-refractivity contribution in [1.29, 1.82) is 0 Å². The Kier molecular flexibility index (Phi) is 5.97. The van der Waals surface area contributed by atoms with Crippen molar-refractivity contribution >= 4 is 34.7 Å². The molecule has 0 saturated carbocycles. The zero-order chi connectivity index (χ0) is 24.4. The summed E-state index contributed by atoms with van der Waals surface area (Å²) in [6.07, 6.45) is 1.52. The molecule has 2 amide bonds. The second-order valence-corrected chi connectivity index (χ2v) is 8.53. The molecule has 3 aromatic carbocycles. The van der Waals surface area contributed by atoms with E-state index < -0.39 is 12.0 Å². The molecule has 7 heteroatoms. The number of hydrogen-bond donors (Lipinski definition) is 2. The number of carbonyl (C=O) groups is 2. The molecule has 2 N–H and O–H groups in total. The van der Waals surface area contributed by atoms with Gasteiger partial charge in [0.1, 0.15) is 11.5 Å². The van der Waals surface area contributed by atoms with Crippen LogP contribution in [-0.4, -0.2) is 27.3 Å². The molecule has 2 heterocycles. The molecule has 7 nitrogen and oxygen atoms in total. The van der Waals surface area contributed by atoms with Gasteiger partial charge in [0.15, 0.2) is 5.82 Å². The Labute approximate surface area is 203 Å². The van der Waals surface area contributed by atoms with E-state index in [1.54, 1.807) is 4.68 Å². The first-order valence-electron chi connectivity index (χ1n) is 11.4. The highest BCUT2D eigenvalue weighted by molar-refractivity contribution is 6.12. The van der Waals surface area contributed by atoms with Crippen molar-refractivity contribution in [3.63, 3.8) is 0 Å². The van der Waals surface area contributed by atoms with E-state index in [0.717, 1.165) is 11.1 Å². The third-order valence-corrected chi connectivity index (χ3v) is 6.19. The van der Waals surface area contributed by atoms with Crippen LogP contribution in [0.2, 0.25) is 0 Å². The van der Waals surface area contributed by atoms with Crippen LogP contribution in [0.15, 0.2) is 96.1 Å². The van der Waals surface area contributed by atoms with Crippen LogP contribution in [0.4, 0.5) is 17.2 Å². The van der Waals surface area contributed by atoms with Crippen molar-refractivity contribution < 1.29 is 9.59 Å². The number of rotatable bonds is 5. The molecule has 1 aromatic heterocycles. The van der Waals surface area contributed by atoms with Crippen LogP contribution in [-0.2, 0) is 4.79 Å². The van der Waals surface area contributed by atoms with E-state index in [4.69, 9.17) is 4.99 Å². The Balaban J connectivity index is 1.56. The molecular weight excluding hydrogens is 438 g/mol. The minimum atomic E-state index is -0.603. The Morgan fingerprint density at radius 2 is 1.40 bits per heavy atom. The summed E-state index contributed by atoms with van der Waals surface area (Å²) in [7, 11) is 0. The van der Waals surface area contributed by atoms with E-state index in [2.05, 4.69) is 15.7 Å². The third-order valence-electron chi connectivity index (χ3n) is 6.19. The first kappa shape index (κ1) is 22.3. The van der Waals surface area contributed by atoms with Crippen molar-refractivity contribution in [2.45, 2.75) is 19.9 Å². The maximum absolute atomic E-state index is 13.6. The molecule has 0 saturated heterocycles. The van der Waals surface area contributed by atoms with Crippen molar-refractivity contribution in [3.05, 3.63) is 108 Å². The van der Waals surface area contributed by atoms with Crippen LogP contribution in [0.5, 0.6) is 0 Å². The fourth-order valence-corrected chi connectivity index (χ4v) is 4.46. The molecule has 0 radical (unpaired) electrons. The number of nitrogens with zero attached hydrogens (tertiary/aromatic N) is 3. The molecular formula is C28H25N5O2. The number of benzene rings is 3. The number of anilines is 2. The zero-order valence-corrected chi connectivity index (χ0v) is 19.5. The maximum atomic E-state index is 13.6. The van der Waals surface area contributed by atoms with E-state index in [0.29, 0.717) is 28.5 Å². The number of nitrogens with one attached hydrogen (secondary N) is 2. The van der Waals surface area contributed by atoms with Crippen LogP contribution in [0.25, 0.3) is 0 Å². The monoisotopic (exact) mass is 463 g/mol. The molecule has 2 unspecified atom stereocenters. The van der Waals surface area contributed by atoms with Gasteiger partial charge < -0.3 is 10.6 Å². The average Bonchev–Trinajstić information content (AvgIpc) is 3.28. The fraction of sp³-hybridized carbons (Fsp3) is 0.143. The second kappa shape index (κ2) is 9.38. The van der Waals surface area contributed by atoms with Gasteiger partial charge in [0.2, 0.25) is 5.91 Å². The van der Waals surface area contributed by atoms with Gasteiger partial charge in [0.25, 0.3) is 5.91 Å². The standard InChI is InChI=1S/C28H25N5O2/c1-18-11-9-10-16-22(18)25-24(28(35)32-21-14-7-4-8-15-21)19(2)30-26-23(17-29-33(25)26)27(34)31-20-12-5-3-6-13-20/h3-17,24-25H,1-2H3,(H,31,34)(H,32,35). The van der Waals surface area contributed by atoms with Gasteiger partial charge in [0.05, 0.1) is 12.2 Å². The minimum absolute atomic E-state index is 0.179. The molecule has 2 atom stereocenters. The van der Waals surface area contributed by atoms with E-state index >= 15 is 0 Å². The normalized spacial score (nSPS) is 16.7. The summed E-state index contributed by atoms with van der Waals surface area (Å²) in [5, 5.41) is 10.5. The van der Waals surface area contributed by atoms with E-state index in [1.165, 1.54) is 6.20 Å². The van der Waals surface area contributed by atoms with Crippen LogP contribution in [0.1, 0.15) is 34.5 Å². The molecule has 5 rings (SSSR count). The average molecular weight is 464 g/mol. The molecule has 0 aliphatic carbocycles. The lowest BCUT2D eigenvalue weighted by molar-refractivity contribution is -0.118. The van der Waals surface area contributed by atoms with Gasteiger partial charge in [0, 0.05) is 17.1 Å². The summed E-state index contributed by atoms with van der Waals surface area (Å²) in [5.41, 5.74) is 4.35. The van der Waals surface area contributed by atoms with Crippen LogP contribution >= 0.6 is 0 Å². The number of fused-ring (bicyclic) bond motifs is 1. The number of para-hydroxylation sites is 2. The summed E-state index contributed by atoms with van der Waals surface area (Å²) < 4.78 is 1.70. The highest BCUT2D eigenvalue weighted by Gasteiger charge is 2.40. The van der Waals surface area contributed by atoms with Crippen molar-refractivity contribution in [2.24, 2.45) is 10.9 Å². The topological polar surface area (TPSA) is 88.4 Å². The SMILES string of the molecule is CC1=Nc2c(C(=O)Nc3ccccc3)cnn2C(c2ccccc2C)C1C(=O)Nc1ccccc1. The van der Waals surface area contributed by atoms with Crippen molar-refractivity contribution in [3.8, 4) is 0 Å². The first-order chi connectivity index (χ1) is 17.0. The number of aliphatic imine (C=N–C) groups is 1. The van der Waals surface area contributed by atoms with E-state index in [9.17, 15) is 9.59 Å². The quantitative estimate of drug-likeness (QED) is 0.416. The molecule has 174 valence electrons. The third kappa shape index (κ3) is 4.36. The number of aromatic nitrogens is 2. The highest BCUT2D eigenvalue weighted by Crippen LogP contribution is 2.39. The van der Waals surface area contributed by atoms with Crippen molar-refractivity contribution in [1.82, 2.24) is 9.78 Å². The summed E-state index contributed by atoms with van der Waals surface area (Å²) in [6.45, 7) is 3.84. The first-order valence-corrected chi connectivity index (χ1v) is 11.4. The lowest BCUT2D eigenvalue weighted by Gasteiger charge is -2.32. The van der Waals surface area contributed by atoms with Crippen molar-refractivity contribution in [2.75, 3.05) is 10.6 Å². The fourth-order valence-electron chi connectivity index (χ4n) is 4.46. The summed E-state index contributed by atoms with van der Waals surface area (Å²) in [5.74, 6) is -0.645. The predicted octanol–water partition coefficient (Wildman–Crippen LogP) is 5.39. The molecule has 1 aliphatic heterocycles. The Hall–Kier alpha value is -4.52. The van der Waals surface area contributed by atoms with Gasteiger partial charge in [-0.1, -0.05) is 60.7 Å². The summed E-state index contributed by atoms with van der Waals surface area (Å²) in [6, 6.07) is 26.1. The van der Waals surface area contributed by atoms with E-state index in [1.807, 2.05) is 98.8 Å². The maximum Gasteiger partial charge on any atom is 0.261 e. The smallest absolute Gasteiger partial charge is 0.261 e. The van der Waals surface area contributed by atoms with Crippen LogP contribution in [0, 0.1) is 12.8 Å². The highest BCUT2D eigenvalue weighted by atomic mass is 16.2. The van der Waals surface area contributed by atoms with Gasteiger partial charge in [-0.25, -0.2) is 9.67 Å². The Morgan fingerprint density at radius 1 is 0.800 bits per heavy atom. The Bertz CT molecular complexity index is 1410. The lowest BCUT2D eigenvalue weighted by Crippen LogP contribution is -2.39. The number of aryl methyl sites for hydroxylation is 1. The molecule has 0 bridgehead atoms. The van der Waals surface area contributed by atoms with Gasteiger partial charge in [-0.05, 0) is 49.2 Å². The van der Waals surface area contributed by atoms with Gasteiger partial charge in [-0.15, -0.1) is 0 Å². The molecule has 4 aromatic rings. The largest absolute Gasteiger partial charge is 0.325 e. The number of carbonyl (C=O) groups excluding carboxylic acids is 2. The molecule has 0 spiro atoms. The summed E-state index contributed by atoms with van der Waals surface area (Å²) in [4.78, 5) is 31.4. The number of amides is 2. The number of hydrogen-bond acceptors (Lipinski definition) is 4. The molecule has 1 aliphatic rings. The lowest BCUT2D eigenvalue weighted by atomic mass is 9.85. The van der Waals surface area contributed by atoms with Gasteiger partial charge in [-0.3, -0.25) is 9.59 Å². The van der Waals surface area contributed by atoms with E-state index in [-0.39, 0.29) is 11.8 Å². The Morgan fingerprint density at radius 3 is 2.06 bits per heavy atom.